The van der Waals surface area contributed by atoms with Crippen molar-refractivity contribution in [1.29, 1.82) is 0 Å². The molecule has 3 atom stereocenters. The van der Waals surface area contributed by atoms with Crippen molar-refractivity contribution in [3.05, 3.63) is 65.9 Å². The Bertz CT molecular complexity index is 1220. The molecule has 42 heavy (non-hydrogen) atoms. The maximum Gasteiger partial charge on any atom is 0.322 e. The van der Waals surface area contributed by atoms with E-state index in [2.05, 4.69) is 10.6 Å². The van der Waals surface area contributed by atoms with Crippen molar-refractivity contribution in [2.45, 2.75) is 62.8 Å². The van der Waals surface area contributed by atoms with E-state index >= 15 is 0 Å². The lowest BCUT2D eigenvalue weighted by Crippen LogP contribution is -2.51. The third kappa shape index (κ3) is 8.89. The number of nitrogens with one attached hydrogen (secondary N) is 2. The van der Waals surface area contributed by atoms with Gasteiger partial charge in [-0.1, -0.05) is 67.6 Å². The predicted molar refractivity (Wildman–Crippen MR) is 163 cm³/mol. The molecule has 0 aliphatic heterocycles. The zero-order valence-corrected chi connectivity index (χ0v) is 25.5. The van der Waals surface area contributed by atoms with E-state index in [1.807, 2.05) is 0 Å². The monoisotopic (exact) mass is 621 g/mol. The molecule has 0 aromatic heterocycles. The number of nitrogens with zero attached hydrogens (tertiary/aromatic N) is 1. The molecule has 1 unspecified atom stereocenters. The first kappa shape index (κ1) is 35.0. The molecule has 0 aliphatic rings. The Morgan fingerprint density at radius 2 is 1.55 bits per heavy atom. The second kappa shape index (κ2) is 15.9. The minimum absolute atomic E-state index is 0.115. The fourth-order valence-corrected chi connectivity index (χ4v) is 8.78. The van der Waals surface area contributed by atoms with Crippen molar-refractivity contribution >= 4 is 53.3 Å². The molecule has 2 aromatic rings. The summed E-state index contributed by atoms with van der Waals surface area (Å²) >= 11 is 1.06. The van der Waals surface area contributed by atoms with E-state index in [0.29, 0.717) is 17.0 Å². The van der Waals surface area contributed by atoms with E-state index < -0.39 is 60.2 Å². The van der Waals surface area contributed by atoms with Gasteiger partial charge in [0.2, 0.25) is 11.8 Å². The first-order valence-electron chi connectivity index (χ1n) is 13.3. The van der Waals surface area contributed by atoms with Gasteiger partial charge in [0, 0.05) is 28.2 Å². The lowest BCUT2D eigenvalue weighted by atomic mass is 10.1. The van der Waals surface area contributed by atoms with E-state index in [-0.39, 0.29) is 18.6 Å². The molecule has 0 radical (unpaired) electrons. The van der Waals surface area contributed by atoms with Gasteiger partial charge in [0.25, 0.3) is 0 Å². The number of thioether (sulfide) groups is 1. The Labute approximate surface area is 249 Å². The lowest BCUT2D eigenvalue weighted by Gasteiger charge is -2.52. The number of benzene rings is 2. The average Bonchev–Trinajstić information content (AvgIpc) is 2.98. The summed E-state index contributed by atoms with van der Waals surface area (Å²) in [6, 6.07) is 15.0. The maximum absolute atomic E-state index is 14.9. The van der Waals surface area contributed by atoms with E-state index in [1.165, 1.54) is 0 Å². The van der Waals surface area contributed by atoms with E-state index in [1.54, 1.807) is 81.4 Å². The highest BCUT2D eigenvalue weighted by atomic mass is 32.2. The molecule has 0 aliphatic carbocycles. The lowest BCUT2D eigenvalue weighted by molar-refractivity contribution is -0.139. The highest BCUT2D eigenvalue weighted by Crippen LogP contribution is 2.58. The van der Waals surface area contributed by atoms with Gasteiger partial charge in [0.1, 0.15) is 18.6 Å². The molecule has 2 aromatic carbocycles. The molecule has 12 nitrogen and oxygen atoms in total. The smallest absolute Gasteiger partial charge is 0.322 e. The quantitative estimate of drug-likeness (QED) is 0.0980. The first-order chi connectivity index (χ1) is 19.7. The molecule has 0 fully saturated rings. The Kier molecular flexibility index (Phi) is 13.2. The van der Waals surface area contributed by atoms with Crippen LogP contribution in [0.25, 0.3) is 0 Å². The van der Waals surface area contributed by atoms with E-state index in [0.717, 1.165) is 16.8 Å². The summed E-state index contributed by atoms with van der Waals surface area (Å²) in [4.78, 5) is 47.2. The van der Waals surface area contributed by atoms with Crippen molar-refractivity contribution in [2.24, 2.45) is 5.73 Å². The van der Waals surface area contributed by atoms with E-state index in [9.17, 15) is 29.0 Å². The van der Waals surface area contributed by atoms with Gasteiger partial charge >= 0.3 is 11.9 Å². The Balaban J connectivity index is 2.31. The summed E-state index contributed by atoms with van der Waals surface area (Å²) < 4.78 is 14.9. The topological polar surface area (TPSA) is 202 Å². The molecular weight excluding hydrogens is 583 g/mol. The molecule has 0 spiro atoms. The zero-order valence-electron chi connectivity index (χ0n) is 23.8. The summed E-state index contributed by atoms with van der Waals surface area (Å²) in [7, 11) is -3.56. The minimum atomic E-state index is -3.56. The number of hydrogen-bond donors (Lipinski definition) is 5. The zero-order chi connectivity index (χ0) is 31.5. The molecule has 230 valence electrons. The van der Waals surface area contributed by atoms with Crippen LogP contribution in [-0.2, 0) is 23.7 Å². The number of carboxylic acids is 2. The number of hydrogen-bond acceptors (Lipinski definition) is 9. The normalized spacial score (nSPS) is 14.0. The second-order valence-electron chi connectivity index (χ2n) is 10.0. The van der Waals surface area contributed by atoms with Gasteiger partial charge in [-0.25, -0.2) is 0 Å². The Hall–Kier alpha value is -3.22. The molecule has 6 N–H and O–H groups in total. The van der Waals surface area contributed by atoms with Crippen molar-refractivity contribution < 1.29 is 34.0 Å². The van der Waals surface area contributed by atoms with Crippen LogP contribution >= 0.6 is 18.9 Å². The number of rotatable bonds is 17. The number of nitrogens with two attached hydrogens (primary N) is 1. The fraction of sp³-hybridized carbons (Fsp3) is 0.429. The van der Waals surface area contributed by atoms with Gasteiger partial charge in [-0.2, -0.15) is 0 Å². The Morgan fingerprint density at radius 1 is 1.02 bits per heavy atom. The van der Waals surface area contributed by atoms with Gasteiger partial charge in [-0.05, 0) is 26.7 Å². The number of aliphatic carboxylic acids is 2. The predicted octanol–water partition coefficient (Wildman–Crippen LogP) is 1.88. The summed E-state index contributed by atoms with van der Waals surface area (Å²) in [5, 5.41) is 36.2. The number of carbonyl (C=O) groups is 4. The third-order valence-corrected chi connectivity index (χ3v) is 11.9. The molecular formula is C28H38N4O8PS-. The van der Waals surface area contributed by atoms with Crippen LogP contribution in [0.1, 0.15) is 40.0 Å². The van der Waals surface area contributed by atoms with Gasteiger partial charge in [0.05, 0.1) is 5.28 Å². The molecule has 2 amide bonds. The van der Waals surface area contributed by atoms with Crippen molar-refractivity contribution in [1.82, 2.24) is 15.7 Å². The standard InChI is InChI=1S/C28H38N4O8PS/c1-4-24(42-18-22(26(36)30-17-25(34)35)31-23(33)16-15-21(29)27(37)38)32(39)28(2,3)41(40,19-11-7-5-8-12-19)20-13-9-6-10-14-20/h5-14,21-22,24H,4,15-18,29H2,1-3H3,(H,30,36)(H,31,33)(H,34,35)(H,37,38)/q-1/t21-,22-,24?/m0/s1. The number of amides is 2. The van der Waals surface area contributed by atoms with Crippen molar-refractivity contribution in [3.8, 4) is 0 Å². The van der Waals surface area contributed by atoms with Gasteiger partial charge in [-0.3, -0.25) is 19.2 Å². The van der Waals surface area contributed by atoms with Crippen LogP contribution in [0.15, 0.2) is 60.7 Å². The summed E-state index contributed by atoms with van der Waals surface area (Å²) in [5.74, 6) is -4.12. The van der Waals surface area contributed by atoms with Crippen molar-refractivity contribution in [2.75, 3.05) is 12.3 Å². The molecule has 0 heterocycles. The molecule has 14 heteroatoms. The first-order valence-corrected chi connectivity index (χ1v) is 16.1. The van der Waals surface area contributed by atoms with Crippen LogP contribution in [0.2, 0.25) is 0 Å². The van der Waals surface area contributed by atoms with Gasteiger partial charge in [0.15, 0.2) is 7.14 Å². The van der Waals surface area contributed by atoms with Crippen LogP contribution < -0.4 is 27.0 Å². The fourth-order valence-electron chi connectivity index (χ4n) is 4.25. The van der Waals surface area contributed by atoms with Crippen LogP contribution in [0.3, 0.4) is 0 Å². The summed E-state index contributed by atoms with van der Waals surface area (Å²) in [5.41, 5.74) is 5.45. The molecule has 2 rings (SSSR count). The summed E-state index contributed by atoms with van der Waals surface area (Å²) in [6.07, 6.45) is -0.158. The SMILES string of the molecule is CCC(SC[C@H](NC(=O)CC[C@H](N)C(=O)O)C(=O)NCC(=O)O)N([O-])C(C)(C)P(=O)(c1ccccc1)c1ccccc1. The highest BCUT2D eigenvalue weighted by molar-refractivity contribution is 7.99. The largest absolute Gasteiger partial charge is 0.784 e. The van der Waals surface area contributed by atoms with Crippen LogP contribution in [-0.4, -0.2) is 74.1 Å². The molecule has 0 saturated heterocycles. The maximum atomic E-state index is 14.9. The van der Waals surface area contributed by atoms with E-state index in [4.69, 9.17) is 15.9 Å². The number of carboxylic acid groups (broad SMARTS) is 2. The van der Waals surface area contributed by atoms with Crippen LogP contribution in [0, 0.1) is 5.21 Å². The van der Waals surface area contributed by atoms with Gasteiger partial charge < -0.3 is 41.4 Å². The highest BCUT2D eigenvalue weighted by Gasteiger charge is 2.45. The minimum Gasteiger partial charge on any atom is -0.784 e. The number of hydroxylamine groups is 2. The third-order valence-electron chi connectivity index (χ3n) is 6.68. The summed E-state index contributed by atoms with van der Waals surface area (Å²) in [6.45, 7) is 4.32. The Morgan fingerprint density at radius 3 is 2.00 bits per heavy atom. The van der Waals surface area contributed by atoms with Gasteiger partial charge in [-0.15, -0.1) is 11.8 Å². The second-order valence-corrected chi connectivity index (χ2v) is 14.6. The number of carbonyl (C=O) groups excluding carboxylic acids is 2. The average molecular weight is 622 g/mol. The van der Waals surface area contributed by atoms with Crippen LogP contribution in [0.4, 0.5) is 0 Å². The van der Waals surface area contributed by atoms with Crippen molar-refractivity contribution in [3.63, 3.8) is 0 Å². The van der Waals surface area contributed by atoms with Crippen LogP contribution in [0.5, 0.6) is 0 Å². The molecule has 0 saturated carbocycles. The molecule has 0 bridgehead atoms.